The lowest BCUT2D eigenvalue weighted by molar-refractivity contribution is -0.203. The Kier molecular flexibility index (Phi) is 24.7. The number of hydrogen-bond donors (Lipinski definition) is 2. The Morgan fingerprint density at radius 1 is 0.818 bits per heavy atom. The van der Waals surface area contributed by atoms with Crippen LogP contribution in [-0.2, 0) is 33.7 Å². The first-order valence-electron chi connectivity index (χ1n) is 28.0. The van der Waals surface area contributed by atoms with Gasteiger partial charge in [-0.25, -0.2) is 9.46 Å². The van der Waals surface area contributed by atoms with Gasteiger partial charge >= 0.3 is 5.69 Å². The van der Waals surface area contributed by atoms with Crippen molar-refractivity contribution in [2.24, 2.45) is 0 Å². The van der Waals surface area contributed by atoms with Gasteiger partial charge in [-0.3, -0.25) is 19.1 Å². The Balaban J connectivity index is 1.21. The Morgan fingerprint density at radius 2 is 1.36 bits per heavy atom. The van der Waals surface area contributed by atoms with Gasteiger partial charge in [-0.05, 0) is 75.1 Å². The molecular formula is C61H84N5O10P. The number of rotatable bonds is 34. The highest BCUT2D eigenvalue weighted by molar-refractivity contribution is 7.44. The standard InChI is InChI=1S/C61H84N5O10P/c1-8-9-10-11-12-13-14-15-16-17-18-19-20-21-25-31-54(67)63-41-26-28-48-43-65(59(69)64-57(48)68)58-55-56(76-77(74-42-27-40-62)66(46(2)3)47(4)5)60(75-58,44-72-55)45-73-61(49-29-23-22-24-30-49,50-32-36-52(70-6)37-33-50)51-34-38-53(71-7)39-35-51/h22-24,29-30,32-39,43,46-47,55-56,58H,8-21,25,27,31,41-42,44-45H2,1-7H3,(H,63,67)(H,64,68,69)/t55-,56+,58-,60-,77?/m1/s1. The van der Waals surface area contributed by atoms with Crippen molar-refractivity contribution < 1.29 is 37.5 Å². The molecule has 6 rings (SSSR count). The van der Waals surface area contributed by atoms with E-state index in [1.54, 1.807) is 14.2 Å². The highest BCUT2D eigenvalue weighted by Crippen LogP contribution is 2.56. The molecule has 2 aliphatic heterocycles. The first-order valence-corrected chi connectivity index (χ1v) is 29.2. The van der Waals surface area contributed by atoms with Gasteiger partial charge in [0.1, 0.15) is 40.5 Å². The van der Waals surface area contributed by atoms with Crippen LogP contribution in [-0.4, -0.2) is 90.6 Å². The second-order valence-electron chi connectivity index (χ2n) is 20.7. The fourth-order valence-corrected chi connectivity index (χ4v) is 12.2. The largest absolute Gasteiger partial charge is 0.497 e. The molecule has 418 valence electrons. The number of nitriles is 1. The first kappa shape index (κ1) is 60.9. The lowest BCUT2D eigenvalue weighted by atomic mass is 9.79. The molecule has 2 saturated heterocycles. The van der Waals surface area contributed by atoms with E-state index >= 15 is 0 Å². The maximum atomic E-state index is 13.9. The average Bonchev–Trinajstić information content (AvgIpc) is 4.16. The molecule has 5 atom stereocenters. The molecule has 0 saturated carbocycles. The summed E-state index contributed by atoms with van der Waals surface area (Å²) in [5, 5.41) is 12.4. The number of unbranched alkanes of at least 4 members (excludes halogenated alkanes) is 14. The molecule has 2 fully saturated rings. The number of nitrogens with zero attached hydrogens (tertiary/aromatic N) is 3. The monoisotopic (exact) mass is 1080 g/mol. The van der Waals surface area contributed by atoms with Crippen molar-refractivity contribution in [3.05, 3.63) is 128 Å². The van der Waals surface area contributed by atoms with Crippen LogP contribution >= 0.6 is 8.53 Å². The van der Waals surface area contributed by atoms with Gasteiger partial charge in [-0.15, -0.1) is 0 Å². The number of amides is 1. The van der Waals surface area contributed by atoms with Crippen molar-refractivity contribution in [2.45, 2.75) is 185 Å². The fourth-order valence-electron chi connectivity index (χ4n) is 10.4. The molecule has 4 aromatic rings. The van der Waals surface area contributed by atoms with Gasteiger partial charge in [-0.1, -0.05) is 163 Å². The summed E-state index contributed by atoms with van der Waals surface area (Å²) >= 11 is 0. The zero-order valence-corrected chi connectivity index (χ0v) is 47.6. The number of fused-ring (bicyclic) bond motifs is 2. The van der Waals surface area contributed by atoms with Gasteiger partial charge in [0.2, 0.25) is 5.91 Å². The Morgan fingerprint density at radius 3 is 1.90 bits per heavy atom. The predicted octanol–water partition coefficient (Wildman–Crippen LogP) is 11.6. The quantitative estimate of drug-likeness (QED) is 0.0196. The molecule has 0 spiro atoms. The SMILES string of the molecule is CCCCCCCCCCCCCCCCCC(=O)NCC#Cc1cn([C@@H]2O[C@@]3(COC(c4ccccc4)(c4ccc(OC)cc4)c4ccc(OC)cc4)CO[C@@H]2[C@@H]3OP(OCCC#N)N(C(C)C)C(C)C)c(=O)[nH]c1=O. The topological polar surface area (TPSA) is 176 Å². The summed E-state index contributed by atoms with van der Waals surface area (Å²) in [7, 11) is 1.39. The average molecular weight is 1080 g/mol. The predicted molar refractivity (Wildman–Crippen MR) is 302 cm³/mol. The number of carbonyl (C=O) groups is 1. The van der Waals surface area contributed by atoms with Crippen molar-refractivity contribution in [1.29, 1.82) is 5.26 Å². The van der Waals surface area contributed by atoms with E-state index in [0.717, 1.165) is 36.0 Å². The van der Waals surface area contributed by atoms with Crippen molar-refractivity contribution >= 4 is 14.4 Å². The molecule has 0 aliphatic carbocycles. The highest BCUT2D eigenvalue weighted by Gasteiger charge is 2.65. The van der Waals surface area contributed by atoms with Crippen molar-refractivity contribution in [1.82, 2.24) is 19.5 Å². The first-order chi connectivity index (χ1) is 37.4. The molecule has 2 aliphatic rings. The molecule has 1 amide bonds. The van der Waals surface area contributed by atoms with Crippen LogP contribution in [0.15, 0.2) is 94.6 Å². The minimum absolute atomic E-state index is 0.00499. The molecule has 3 aromatic carbocycles. The van der Waals surface area contributed by atoms with Gasteiger partial charge in [-0.2, -0.15) is 5.26 Å². The van der Waals surface area contributed by atoms with Crippen LogP contribution in [0.5, 0.6) is 11.5 Å². The lowest BCUT2D eigenvalue weighted by Gasteiger charge is -2.41. The van der Waals surface area contributed by atoms with E-state index in [9.17, 15) is 19.6 Å². The van der Waals surface area contributed by atoms with Crippen LogP contribution < -0.4 is 26.0 Å². The molecule has 77 heavy (non-hydrogen) atoms. The minimum atomic E-state index is -1.85. The summed E-state index contributed by atoms with van der Waals surface area (Å²) < 4.78 is 49.3. The number of ether oxygens (including phenoxy) is 5. The molecule has 2 N–H and O–H groups in total. The molecule has 16 heteroatoms. The third-order valence-corrected chi connectivity index (χ3v) is 16.5. The summed E-state index contributed by atoms with van der Waals surface area (Å²) in [6.45, 7) is 10.5. The van der Waals surface area contributed by atoms with Crippen LogP contribution in [0.4, 0.5) is 0 Å². The van der Waals surface area contributed by atoms with Gasteiger partial charge in [0.25, 0.3) is 14.1 Å². The molecule has 0 radical (unpaired) electrons. The second kappa shape index (κ2) is 31.3. The van der Waals surface area contributed by atoms with E-state index in [0.29, 0.717) is 17.9 Å². The molecule has 3 heterocycles. The number of nitrogens with one attached hydrogen (secondary N) is 2. The fraction of sp³-hybridized carbons (Fsp3) is 0.574. The number of methoxy groups -OCH3 is 2. The number of carbonyl (C=O) groups excluding carboxylic acids is 1. The van der Waals surface area contributed by atoms with Gasteiger partial charge in [0.15, 0.2) is 6.23 Å². The maximum Gasteiger partial charge on any atom is 0.330 e. The van der Waals surface area contributed by atoms with E-state index < -0.39 is 49.4 Å². The maximum absolute atomic E-state index is 13.9. The van der Waals surface area contributed by atoms with E-state index in [1.807, 2.05) is 78.9 Å². The molecular weight excluding hydrogens is 994 g/mol. The third kappa shape index (κ3) is 16.6. The molecule has 1 unspecified atom stereocenters. The van der Waals surface area contributed by atoms with Crippen LogP contribution in [0.25, 0.3) is 0 Å². The van der Waals surface area contributed by atoms with E-state index in [4.69, 9.17) is 32.7 Å². The molecule has 15 nitrogen and oxygen atoms in total. The van der Waals surface area contributed by atoms with E-state index in [1.165, 1.54) is 87.8 Å². The van der Waals surface area contributed by atoms with Crippen molar-refractivity contribution in [3.63, 3.8) is 0 Å². The smallest absolute Gasteiger partial charge is 0.330 e. The number of aromatic amines is 1. The number of benzene rings is 3. The van der Waals surface area contributed by atoms with E-state index in [-0.39, 0.29) is 56.3 Å². The Labute approximate surface area is 458 Å². The summed E-state index contributed by atoms with van der Waals surface area (Å²) in [6, 6.07) is 27.4. The highest BCUT2D eigenvalue weighted by atomic mass is 31.2. The van der Waals surface area contributed by atoms with Crippen LogP contribution in [0, 0.1) is 23.2 Å². The number of H-pyrrole nitrogens is 1. The number of aromatic nitrogens is 2. The summed E-state index contributed by atoms with van der Waals surface area (Å²) in [5.41, 5.74) is -1.62. The van der Waals surface area contributed by atoms with Crippen molar-refractivity contribution in [3.8, 4) is 29.4 Å². The van der Waals surface area contributed by atoms with Gasteiger partial charge in [0, 0.05) is 24.7 Å². The normalized spacial score (nSPS) is 18.3. The van der Waals surface area contributed by atoms with Gasteiger partial charge in [0.05, 0.1) is 53.1 Å². The third-order valence-electron chi connectivity index (χ3n) is 14.4. The second-order valence-corrected chi connectivity index (χ2v) is 22.1. The Bertz CT molecular complexity index is 2570. The summed E-state index contributed by atoms with van der Waals surface area (Å²) in [5.74, 6) is 7.02. The molecule has 2 bridgehead atoms. The minimum Gasteiger partial charge on any atom is -0.497 e. The van der Waals surface area contributed by atoms with Crippen LogP contribution in [0.2, 0.25) is 0 Å². The zero-order valence-electron chi connectivity index (χ0n) is 46.7. The zero-order chi connectivity index (χ0) is 55.0. The summed E-state index contributed by atoms with van der Waals surface area (Å²) in [4.78, 5) is 42.5. The number of hydrogen-bond acceptors (Lipinski definition) is 12. The van der Waals surface area contributed by atoms with Crippen molar-refractivity contribution in [2.75, 3.05) is 40.6 Å². The summed E-state index contributed by atoms with van der Waals surface area (Å²) in [6.07, 6.45) is 17.8. The van der Waals surface area contributed by atoms with Crippen LogP contribution in [0.1, 0.15) is 172 Å². The van der Waals surface area contributed by atoms with E-state index in [2.05, 4.69) is 67.5 Å². The van der Waals surface area contributed by atoms with Crippen LogP contribution in [0.3, 0.4) is 0 Å². The lowest BCUT2D eigenvalue weighted by Crippen LogP contribution is -2.49. The van der Waals surface area contributed by atoms with Gasteiger partial charge < -0.3 is 38.0 Å². The molecule has 1 aromatic heterocycles. The Hall–Kier alpha value is -5.35.